The topological polar surface area (TPSA) is 4.93 Å². The highest BCUT2D eigenvalue weighted by atomic mass is 127. The molecule has 22 heavy (non-hydrogen) atoms. The predicted octanol–water partition coefficient (Wildman–Crippen LogP) is 6.01. The van der Waals surface area contributed by atoms with Crippen molar-refractivity contribution in [1.82, 2.24) is 4.57 Å². The minimum atomic E-state index is 1.22. The van der Waals surface area contributed by atoms with Crippen molar-refractivity contribution in [3.8, 4) is 5.69 Å². The van der Waals surface area contributed by atoms with Gasteiger partial charge >= 0.3 is 0 Å². The fraction of sp³-hybridized carbons (Fsp3) is 0.100. The van der Waals surface area contributed by atoms with E-state index >= 15 is 0 Å². The molecule has 3 aromatic carbocycles. The second-order valence-electron chi connectivity index (χ2n) is 5.86. The number of fused-ring (bicyclic) bond motifs is 3. The average Bonchev–Trinajstić information content (AvgIpc) is 2.80. The average molecular weight is 397 g/mol. The van der Waals surface area contributed by atoms with E-state index in [-0.39, 0.29) is 0 Å². The lowest BCUT2D eigenvalue weighted by molar-refractivity contribution is 1.17. The number of aryl methyl sites for hydroxylation is 2. The summed E-state index contributed by atoms with van der Waals surface area (Å²) >= 11 is 2.38. The van der Waals surface area contributed by atoms with E-state index in [2.05, 4.69) is 102 Å². The first-order chi connectivity index (χ1) is 10.6. The van der Waals surface area contributed by atoms with Gasteiger partial charge in [0.05, 0.1) is 11.0 Å². The van der Waals surface area contributed by atoms with E-state index in [9.17, 15) is 0 Å². The fourth-order valence-corrected chi connectivity index (χ4v) is 3.67. The van der Waals surface area contributed by atoms with Crippen LogP contribution in [0.5, 0.6) is 0 Å². The summed E-state index contributed by atoms with van der Waals surface area (Å²) in [5.41, 5.74) is 6.37. The van der Waals surface area contributed by atoms with Gasteiger partial charge in [0.25, 0.3) is 0 Å². The largest absolute Gasteiger partial charge is 0.309 e. The minimum Gasteiger partial charge on any atom is -0.309 e. The smallest absolute Gasteiger partial charge is 0.0541 e. The molecule has 0 bridgehead atoms. The summed E-state index contributed by atoms with van der Waals surface area (Å²) in [6.07, 6.45) is 0. The van der Waals surface area contributed by atoms with Crippen molar-refractivity contribution in [1.29, 1.82) is 0 Å². The molecule has 0 radical (unpaired) electrons. The molecule has 0 fully saturated rings. The van der Waals surface area contributed by atoms with Gasteiger partial charge in [0.2, 0.25) is 0 Å². The van der Waals surface area contributed by atoms with E-state index < -0.39 is 0 Å². The van der Waals surface area contributed by atoms with Crippen LogP contribution in [0.1, 0.15) is 11.1 Å². The van der Waals surface area contributed by atoms with Gasteiger partial charge in [-0.2, -0.15) is 0 Å². The normalized spacial score (nSPS) is 11.4. The van der Waals surface area contributed by atoms with Crippen molar-refractivity contribution in [3.05, 3.63) is 75.4 Å². The molecule has 108 valence electrons. The van der Waals surface area contributed by atoms with Crippen molar-refractivity contribution in [2.75, 3.05) is 0 Å². The summed E-state index contributed by atoms with van der Waals surface area (Å²) in [7, 11) is 0. The maximum Gasteiger partial charge on any atom is 0.0541 e. The van der Waals surface area contributed by atoms with Crippen LogP contribution in [0.4, 0.5) is 0 Å². The molecule has 0 aliphatic heterocycles. The lowest BCUT2D eigenvalue weighted by atomic mass is 10.1. The standard InChI is InChI=1S/C20H16IN/c1-13-6-8-19-17(10-13)18-11-14(2)7-9-20(18)22(19)16-5-3-4-15(21)12-16/h3-12H,1-2H3. The molecule has 0 N–H and O–H groups in total. The van der Waals surface area contributed by atoms with Crippen LogP contribution >= 0.6 is 22.6 Å². The first kappa shape index (κ1) is 13.8. The summed E-state index contributed by atoms with van der Waals surface area (Å²) in [6, 6.07) is 22.1. The Balaban J connectivity index is 2.20. The third kappa shape index (κ3) is 2.13. The van der Waals surface area contributed by atoms with Crippen molar-refractivity contribution >= 4 is 44.4 Å². The highest BCUT2D eigenvalue weighted by Gasteiger charge is 2.12. The first-order valence-electron chi connectivity index (χ1n) is 7.41. The molecule has 0 aliphatic rings. The molecule has 1 heterocycles. The van der Waals surface area contributed by atoms with Crippen molar-refractivity contribution < 1.29 is 0 Å². The SMILES string of the molecule is Cc1ccc2c(c1)c1cc(C)ccc1n2-c1cccc(I)c1. The summed E-state index contributed by atoms with van der Waals surface area (Å²) in [5, 5.41) is 2.66. The van der Waals surface area contributed by atoms with Crippen LogP contribution in [0.15, 0.2) is 60.7 Å². The molecule has 2 heteroatoms. The Labute approximate surface area is 143 Å². The summed E-state index contributed by atoms with van der Waals surface area (Å²) in [4.78, 5) is 0. The van der Waals surface area contributed by atoms with Gasteiger partial charge < -0.3 is 4.57 Å². The van der Waals surface area contributed by atoms with Crippen molar-refractivity contribution in [2.24, 2.45) is 0 Å². The highest BCUT2D eigenvalue weighted by molar-refractivity contribution is 14.1. The third-order valence-corrected chi connectivity index (χ3v) is 4.81. The molecule has 0 atom stereocenters. The van der Waals surface area contributed by atoms with Gasteiger partial charge in [-0.15, -0.1) is 0 Å². The third-order valence-electron chi connectivity index (χ3n) is 4.14. The Kier molecular flexibility index (Phi) is 3.22. The Morgan fingerprint density at radius 3 is 1.86 bits per heavy atom. The lowest BCUT2D eigenvalue weighted by Gasteiger charge is -2.08. The van der Waals surface area contributed by atoms with Crippen LogP contribution in [0.3, 0.4) is 0 Å². The summed E-state index contributed by atoms with van der Waals surface area (Å²) in [5.74, 6) is 0. The molecule has 4 aromatic rings. The maximum atomic E-state index is 2.38. The Hall–Kier alpha value is -1.81. The molecule has 1 aromatic heterocycles. The maximum absolute atomic E-state index is 2.38. The monoisotopic (exact) mass is 397 g/mol. The van der Waals surface area contributed by atoms with E-state index in [4.69, 9.17) is 0 Å². The molecule has 4 rings (SSSR count). The molecular weight excluding hydrogens is 381 g/mol. The van der Waals surface area contributed by atoms with E-state index in [1.54, 1.807) is 0 Å². The van der Waals surface area contributed by atoms with E-state index in [0.717, 1.165) is 0 Å². The number of rotatable bonds is 1. The number of hydrogen-bond donors (Lipinski definition) is 0. The van der Waals surface area contributed by atoms with Crippen molar-refractivity contribution in [2.45, 2.75) is 13.8 Å². The molecule has 0 aliphatic carbocycles. The van der Waals surface area contributed by atoms with Gasteiger partial charge in [-0.1, -0.05) is 29.3 Å². The number of nitrogens with zero attached hydrogens (tertiary/aromatic N) is 1. The summed E-state index contributed by atoms with van der Waals surface area (Å²) < 4.78 is 3.62. The zero-order chi connectivity index (χ0) is 15.3. The predicted molar refractivity (Wildman–Crippen MR) is 103 cm³/mol. The number of halogens is 1. The van der Waals surface area contributed by atoms with Gasteiger partial charge in [-0.25, -0.2) is 0 Å². The quantitative estimate of drug-likeness (QED) is 0.347. The Bertz CT molecular complexity index is 952. The van der Waals surface area contributed by atoms with Crippen LogP contribution < -0.4 is 0 Å². The van der Waals surface area contributed by atoms with Crippen LogP contribution in [0, 0.1) is 17.4 Å². The fourth-order valence-electron chi connectivity index (χ4n) is 3.14. The number of aromatic nitrogens is 1. The van der Waals surface area contributed by atoms with Crippen molar-refractivity contribution in [3.63, 3.8) is 0 Å². The summed E-state index contributed by atoms with van der Waals surface area (Å²) in [6.45, 7) is 4.31. The molecule has 1 nitrogen and oxygen atoms in total. The molecule has 0 unspecified atom stereocenters. The Morgan fingerprint density at radius 1 is 0.727 bits per heavy atom. The minimum absolute atomic E-state index is 1.22. The molecule has 0 spiro atoms. The molecule has 0 saturated carbocycles. The molecular formula is C20H16IN. The zero-order valence-electron chi connectivity index (χ0n) is 12.6. The van der Waals surface area contributed by atoms with Crippen LogP contribution in [-0.2, 0) is 0 Å². The Morgan fingerprint density at radius 2 is 1.32 bits per heavy atom. The van der Waals surface area contributed by atoms with Gasteiger partial charge in [-0.05, 0) is 78.9 Å². The molecule has 0 amide bonds. The first-order valence-corrected chi connectivity index (χ1v) is 8.49. The van der Waals surface area contributed by atoms with Gasteiger partial charge in [0, 0.05) is 20.0 Å². The van der Waals surface area contributed by atoms with Gasteiger partial charge in [0.15, 0.2) is 0 Å². The number of benzene rings is 3. The van der Waals surface area contributed by atoms with E-state index in [1.165, 1.54) is 42.2 Å². The second-order valence-corrected chi connectivity index (χ2v) is 7.10. The van der Waals surface area contributed by atoms with Crippen LogP contribution in [-0.4, -0.2) is 4.57 Å². The van der Waals surface area contributed by atoms with E-state index in [0.29, 0.717) is 0 Å². The van der Waals surface area contributed by atoms with Crippen LogP contribution in [0.25, 0.3) is 27.5 Å². The lowest BCUT2D eigenvalue weighted by Crippen LogP contribution is -1.94. The van der Waals surface area contributed by atoms with Gasteiger partial charge in [0.1, 0.15) is 0 Å². The highest BCUT2D eigenvalue weighted by Crippen LogP contribution is 2.33. The zero-order valence-corrected chi connectivity index (χ0v) is 14.8. The second kappa shape index (κ2) is 5.13. The number of hydrogen-bond acceptors (Lipinski definition) is 0. The molecule has 0 saturated heterocycles. The van der Waals surface area contributed by atoms with Gasteiger partial charge in [-0.3, -0.25) is 0 Å². The van der Waals surface area contributed by atoms with Crippen LogP contribution in [0.2, 0.25) is 0 Å². The van der Waals surface area contributed by atoms with E-state index in [1.807, 2.05) is 0 Å².